The average molecular weight is 394 g/mol. The Morgan fingerprint density at radius 1 is 1.11 bits per heavy atom. The SMILES string of the molecule is Cn1c(C(=O)NC(C)(C)c2ccc(-c3ccno3)cc2)cc2cc(Cl)ccc21. The van der Waals surface area contributed by atoms with Gasteiger partial charge in [-0.2, -0.15) is 0 Å². The molecule has 5 nitrogen and oxygen atoms in total. The molecule has 0 aliphatic carbocycles. The van der Waals surface area contributed by atoms with Gasteiger partial charge >= 0.3 is 0 Å². The lowest BCUT2D eigenvalue weighted by Gasteiger charge is -2.27. The highest BCUT2D eigenvalue weighted by molar-refractivity contribution is 6.31. The molecule has 0 aliphatic rings. The van der Waals surface area contributed by atoms with Crippen LogP contribution in [-0.2, 0) is 12.6 Å². The van der Waals surface area contributed by atoms with Gasteiger partial charge in [0.1, 0.15) is 5.69 Å². The molecule has 2 aromatic carbocycles. The van der Waals surface area contributed by atoms with E-state index in [9.17, 15) is 4.79 Å². The summed E-state index contributed by atoms with van der Waals surface area (Å²) in [5, 5.41) is 8.45. The fourth-order valence-corrected chi connectivity index (χ4v) is 3.55. The van der Waals surface area contributed by atoms with Crippen LogP contribution in [0.5, 0.6) is 0 Å². The fourth-order valence-electron chi connectivity index (χ4n) is 3.37. The van der Waals surface area contributed by atoms with E-state index < -0.39 is 5.54 Å². The third kappa shape index (κ3) is 3.29. The molecule has 4 aromatic rings. The van der Waals surface area contributed by atoms with E-state index in [2.05, 4.69) is 10.5 Å². The molecule has 1 N–H and O–H groups in total. The minimum Gasteiger partial charge on any atom is -0.356 e. The van der Waals surface area contributed by atoms with Crippen LogP contribution >= 0.6 is 11.6 Å². The molecule has 2 aromatic heterocycles. The molecule has 0 fully saturated rings. The number of rotatable bonds is 4. The number of carbonyl (C=O) groups excluding carboxylic acids is 1. The van der Waals surface area contributed by atoms with Crippen molar-refractivity contribution < 1.29 is 9.32 Å². The predicted molar refractivity (Wildman–Crippen MR) is 110 cm³/mol. The topological polar surface area (TPSA) is 60.1 Å². The Hall–Kier alpha value is -3.05. The minimum atomic E-state index is -0.550. The monoisotopic (exact) mass is 393 g/mol. The lowest BCUT2D eigenvalue weighted by atomic mass is 9.93. The van der Waals surface area contributed by atoms with Crippen LogP contribution in [0.25, 0.3) is 22.2 Å². The van der Waals surface area contributed by atoms with Crippen LogP contribution in [-0.4, -0.2) is 15.6 Å². The number of nitrogens with one attached hydrogen (secondary N) is 1. The molecule has 0 bridgehead atoms. The van der Waals surface area contributed by atoms with Crippen LogP contribution in [0.15, 0.2) is 65.3 Å². The fraction of sp³-hybridized carbons (Fsp3) is 0.182. The van der Waals surface area contributed by atoms with E-state index in [-0.39, 0.29) is 5.91 Å². The number of benzene rings is 2. The smallest absolute Gasteiger partial charge is 0.268 e. The first-order valence-corrected chi connectivity index (χ1v) is 9.32. The van der Waals surface area contributed by atoms with Gasteiger partial charge in [0, 0.05) is 34.6 Å². The summed E-state index contributed by atoms with van der Waals surface area (Å²) in [6.45, 7) is 3.96. The van der Waals surface area contributed by atoms with E-state index in [1.54, 1.807) is 6.20 Å². The first kappa shape index (κ1) is 18.3. The van der Waals surface area contributed by atoms with E-state index >= 15 is 0 Å². The van der Waals surface area contributed by atoms with Gasteiger partial charge in [0.05, 0.1) is 11.7 Å². The molecule has 0 unspecified atom stereocenters. The van der Waals surface area contributed by atoms with Crippen molar-refractivity contribution in [2.24, 2.45) is 7.05 Å². The predicted octanol–water partition coefficient (Wildman–Crippen LogP) is 5.15. The van der Waals surface area contributed by atoms with Gasteiger partial charge in [-0.1, -0.05) is 41.0 Å². The standard InChI is InChI=1S/C22H20ClN3O2/c1-22(2,16-6-4-14(5-7-16)20-10-11-24-28-20)25-21(27)19-13-15-12-17(23)8-9-18(15)26(19)3/h4-13H,1-3H3,(H,25,27). The Bertz CT molecular complexity index is 1140. The summed E-state index contributed by atoms with van der Waals surface area (Å²) in [7, 11) is 1.88. The second kappa shape index (κ2) is 6.84. The maximum atomic E-state index is 13.0. The van der Waals surface area contributed by atoms with Crippen molar-refractivity contribution in [3.05, 3.63) is 77.1 Å². The van der Waals surface area contributed by atoms with E-state index in [1.807, 2.05) is 80.1 Å². The van der Waals surface area contributed by atoms with Gasteiger partial charge in [0.15, 0.2) is 5.76 Å². The molecule has 28 heavy (non-hydrogen) atoms. The molecule has 4 rings (SSSR count). The molecular formula is C22H20ClN3O2. The number of halogens is 1. The number of nitrogens with zero attached hydrogens (tertiary/aromatic N) is 2. The largest absolute Gasteiger partial charge is 0.356 e. The number of aryl methyl sites for hydroxylation is 1. The normalized spacial score (nSPS) is 11.7. The Morgan fingerprint density at radius 2 is 1.86 bits per heavy atom. The quantitative estimate of drug-likeness (QED) is 0.521. The summed E-state index contributed by atoms with van der Waals surface area (Å²) < 4.78 is 7.06. The molecule has 0 radical (unpaired) electrons. The first-order valence-electron chi connectivity index (χ1n) is 8.94. The van der Waals surface area contributed by atoms with Crippen LogP contribution < -0.4 is 5.32 Å². The molecule has 142 valence electrons. The summed E-state index contributed by atoms with van der Waals surface area (Å²) >= 11 is 6.08. The van der Waals surface area contributed by atoms with Gasteiger partial charge in [-0.25, -0.2) is 0 Å². The second-order valence-electron chi connectivity index (χ2n) is 7.32. The van der Waals surface area contributed by atoms with Gasteiger partial charge in [0.2, 0.25) is 0 Å². The number of carbonyl (C=O) groups is 1. The third-order valence-corrected chi connectivity index (χ3v) is 5.23. The molecule has 0 saturated heterocycles. The molecule has 0 saturated carbocycles. The first-order chi connectivity index (χ1) is 13.3. The van der Waals surface area contributed by atoms with Crippen molar-refractivity contribution in [1.29, 1.82) is 0 Å². The summed E-state index contributed by atoms with van der Waals surface area (Å²) in [4.78, 5) is 13.0. The maximum absolute atomic E-state index is 13.0. The highest BCUT2D eigenvalue weighted by Gasteiger charge is 2.25. The zero-order valence-electron chi connectivity index (χ0n) is 15.9. The number of hydrogen-bond donors (Lipinski definition) is 1. The zero-order valence-corrected chi connectivity index (χ0v) is 16.6. The van der Waals surface area contributed by atoms with Gasteiger partial charge in [-0.3, -0.25) is 4.79 Å². The van der Waals surface area contributed by atoms with Crippen LogP contribution in [0.1, 0.15) is 29.9 Å². The Morgan fingerprint density at radius 3 is 2.54 bits per heavy atom. The van der Waals surface area contributed by atoms with Gasteiger partial charge in [0.25, 0.3) is 5.91 Å². The van der Waals surface area contributed by atoms with Crippen molar-refractivity contribution in [2.45, 2.75) is 19.4 Å². The molecule has 6 heteroatoms. The number of hydrogen-bond acceptors (Lipinski definition) is 3. The number of amides is 1. The van der Waals surface area contributed by atoms with Crippen molar-refractivity contribution in [3.63, 3.8) is 0 Å². The van der Waals surface area contributed by atoms with Crippen LogP contribution in [0.4, 0.5) is 0 Å². The summed E-state index contributed by atoms with van der Waals surface area (Å²) in [5.74, 6) is 0.571. The van der Waals surface area contributed by atoms with Crippen LogP contribution in [0, 0.1) is 0 Å². The minimum absolute atomic E-state index is 0.140. The number of aromatic nitrogens is 2. The molecule has 0 aliphatic heterocycles. The highest BCUT2D eigenvalue weighted by atomic mass is 35.5. The van der Waals surface area contributed by atoms with Crippen molar-refractivity contribution in [1.82, 2.24) is 15.0 Å². The Labute approximate surface area is 167 Å². The van der Waals surface area contributed by atoms with Crippen molar-refractivity contribution >= 4 is 28.4 Å². The summed E-state index contributed by atoms with van der Waals surface area (Å²) in [6, 6.07) is 17.2. The lowest BCUT2D eigenvalue weighted by Crippen LogP contribution is -2.41. The average Bonchev–Trinajstić information content (AvgIpc) is 3.30. The zero-order chi connectivity index (χ0) is 19.9. The maximum Gasteiger partial charge on any atom is 0.268 e. The lowest BCUT2D eigenvalue weighted by molar-refractivity contribution is 0.0904. The van der Waals surface area contributed by atoms with E-state index in [4.69, 9.17) is 16.1 Å². The van der Waals surface area contributed by atoms with E-state index in [0.29, 0.717) is 16.5 Å². The van der Waals surface area contributed by atoms with Crippen LogP contribution in [0.3, 0.4) is 0 Å². The van der Waals surface area contributed by atoms with Gasteiger partial charge in [-0.05, 0) is 43.7 Å². The van der Waals surface area contributed by atoms with Gasteiger partial charge in [-0.15, -0.1) is 0 Å². The van der Waals surface area contributed by atoms with Gasteiger partial charge < -0.3 is 14.4 Å². The van der Waals surface area contributed by atoms with Crippen molar-refractivity contribution in [3.8, 4) is 11.3 Å². The summed E-state index contributed by atoms with van der Waals surface area (Å²) in [5.41, 5.74) is 2.93. The van der Waals surface area contributed by atoms with E-state index in [0.717, 1.165) is 22.0 Å². The van der Waals surface area contributed by atoms with Crippen molar-refractivity contribution in [2.75, 3.05) is 0 Å². The van der Waals surface area contributed by atoms with E-state index in [1.165, 1.54) is 0 Å². The highest BCUT2D eigenvalue weighted by Crippen LogP contribution is 2.27. The second-order valence-corrected chi connectivity index (χ2v) is 7.76. The molecule has 1 amide bonds. The molecule has 2 heterocycles. The Kier molecular flexibility index (Phi) is 4.47. The Balaban J connectivity index is 1.59. The molecule has 0 atom stereocenters. The third-order valence-electron chi connectivity index (χ3n) is 4.99. The summed E-state index contributed by atoms with van der Waals surface area (Å²) in [6.07, 6.45) is 1.62. The molecule has 0 spiro atoms. The number of fused-ring (bicyclic) bond motifs is 1. The molecular weight excluding hydrogens is 374 g/mol. The van der Waals surface area contributed by atoms with Crippen LogP contribution in [0.2, 0.25) is 5.02 Å².